The maximum absolute atomic E-state index is 4.48. The van der Waals surface area contributed by atoms with E-state index in [2.05, 4.69) is 53.6 Å². The van der Waals surface area contributed by atoms with Gasteiger partial charge in [0.15, 0.2) is 0 Å². The van der Waals surface area contributed by atoms with Crippen molar-refractivity contribution in [3.8, 4) is 0 Å². The Morgan fingerprint density at radius 3 is 2.80 bits per heavy atom. The first kappa shape index (κ1) is 13.3. The summed E-state index contributed by atoms with van der Waals surface area (Å²) in [6.07, 6.45) is 5.28. The van der Waals surface area contributed by atoms with Gasteiger partial charge in [-0.1, -0.05) is 37.3 Å². The van der Waals surface area contributed by atoms with Crippen LogP contribution in [0.3, 0.4) is 0 Å². The van der Waals surface area contributed by atoms with Gasteiger partial charge in [0.1, 0.15) is 0 Å². The fraction of sp³-hybridized carbons (Fsp3) is 0.389. The molecule has 20 heavy (non-hydrogen) atoms. The van der Waals surface area contributed by atoms with Crippen LogP contribution in [-0.2, 0) is 12.8 Å². The largest absolute Gasteiger partial charge is 0.313 e. The van der Waals surface area contributed by atoms with Gasteiger partial charge in [-0.2, -0.15) is 0 Å². The fourth-order valence-electron chi connectivity index (χ4n) is 3.09. The second-order valence-electron chi connectivity index (χ2n) is 5.60. The van der Waals surface area contributed by atoms with Crippen LogP contribution in [0.4, 0.5) is 0 Å². The third-order valence-corrected chi connectivity index (χ3v) is 4.19. The Balaban J connectivity index is 1.74. The summed E-state index contributed by atoms with van der Waals surface area (Å²) in [6.45, 7) is 3.30. The summed E-state index contributed by atoms with van der Waals surface area (Å²) in [6, 6.07) is 15.5. The molecule has 2 nitrogen and oxygen atoms in total. The van der Waals surface area contributed by atoms with Crippen LogP contribution in [0.1, 0.15) is 36.1 Å². The third kappa shape index (κ3) is 2.75. The van der Waals surface area contributed by atoms with E-state index in [1.165, 1.54) is 29.7 Å². The fourth-order valence-corrected chi connectivity index (χ4v) is 3.09. The van der Waals surface area contributed by atoms with E-state index < -0.39 is 0 Å². The number of hydrogen-bond donors (Lipinski definition) is 1. The van der Waals surface area contributed by atoms with Gasteiger partial charge < -0.3 is 5.32 Å². The highest BCUT2D eigenvalue weighted by atomic mass is 14.9. The molecular formula is C18H22N2. The summed E-state index contributed by atoms with van der Waals surface area (Å²) in [4.78, 5) is 4.48. The minimum atomic E-state index is 0.500. The van der Waals surface area contributed by atoms with E-state index in [9.17, 15) is 0 Å². The highest BCUT2D eigenvalue weighted by Crippen LogP contribution is 2.38. The predicted molar refractivity (Wildman–Crippen MR) is 82.9 cm³/mol. The van der Waals surface area contributed by atoms with Crippen molar-refractivity contribution < 1.29 is 0 Å². The Bertz CT molecular complexity index is 550. The molecule has 3 rings (SSSR count). The van der Waals surface area contributed by atoms with Crippen molar-refractivity contribution in [3.05, 3.63) is 65.5 Å². The molecule has 2 heteroatoms. The number of nitrogens with zero attached hydrogens (tertiary/aromatic N) is 1. The van der Waals surface area contributed by atoms with E-state index in [1.807, 2.05) is 12.3 Å². The van der Waals surface area contributed by atoms with Crippen LogP contribution >= 0.6 is 0 Å². The minimum Gasteiger partial charge on any atom is -0.313 e. The lowest BCUT2D eigenvalue weighted by atomic mass is 9.72. The van der Waals surface area contributed by atoms with Gasteiger partial charge in [-0.25, -0.2) is 0 Å². The topological polar surface area (TPSA) is 24.9 Å². The van der Waals surface area contributed by atoms with Crippen molar-refractivity contribution in [3.63, 3.8) is 0 Å². The van der Waals surface area contributed by atoms with Crippen molar-refractivity contribution in [2.45, 2.75) is 38.1 Å². The molecule has 1 aliphatic rings. The Hall–Kier alpha value is -1.67. The zero-order chi connectivity index (χ0) is 13.8. The van der Waals surface area contributed by atoms with Crippen LogP contribution in [0.15, 0.2) is 48.7 Å². The number of fused-ring (bicyclic) bond motifs is 1. The molecule has 2 unspecified atom stereocenters. The predicted octanol–water partition coefficient (Wildman–Crippen LogP) is 3.33. The maximum atomic E-state index is 4.48. The van der Waals surface area contributed by atoms with Crippen LogP contribution in [0, 0.1) is 0 Å². The van der Waals surface area contributed by atoms with Crippen LogP contribution in [0.5, 0.6) is 0 Å². The molecule has 0 spiro atoms. The zero-order valence-electron chi connectivity index (χ0n) is 12.0. The van der Waals surface area contributed by atoms with Gasteiger partial charge in [0, 0.05) is 30.3 Å². The summed E-state index contributed by atoms with van der Waals surface area (Å²) in [7, 11) is 0. The summed E-state index contributed by atoms with van der Waals surface area (Å²) in [5.74, 6) is 0.639. The molecule has 2 atom stereocenters. The Kier molecular flexibility index (Phi) is 4.12. The van der Waals surface area contributed by atoms with Gasteiger partial charge >= 0.3 is 0 Å². The second kappa shape index (κ2) is 6.19. The Morgan fingerprint density at radius 1 is 1.20 bits per heavy atom. The molecule has 0 saturated heterocycles. The van der Waals surface area contributed by atoms with Gasteiger partial charge in [0.2, 0.25) is 0 Å². The smallest absolute Gasteiger partial charge is 0.0419 e. The van der Waals surface area contributed by atoms with Gasteiger partial charge in [0.05, 0.1) is 0 Å². The van der Waals surface area contributed by atoms with Crippen LogP contribution < -0.4 is 5.32 Å². The van der Waals surface area contributed by atoms with Crippen LogP contribution in [-0.4, -0.2) is 17.6 Å². The number of benzene rings is 1. The van der Waals surface area contributed by atoms with E-state index in [0.717, 1.165) is 13.0 Å². The first-order valence-corrected chi connectivity index (χ1v) is 7.59. The van der Waals surface area contributed by atoms with E-state index in [4.69, 9.17) is 0 Å². The number of aromatic nitrogens is 1. The summed E-state index contributed by atoms with van der Waals surface area (Å²) < 4.78 is 0. The molecule has 0 saturated carbocycles. The van der Waals surface area contributed by atoms with E-state index in [0.29, 0.717) is 12.0 Å². The molecular weight excluding hydrogens is 244 g/mol. The van der Waals surface area contributed by atoms with Gasteiger partial charge in [-0.05, 0) is 42.6 Å². The monoisotopic (exact) mass is 266 g/mol. The van der Waals surface area contributed by atoms with Gasteiger partial charge in [-0.3, -0.25) is 4.98 Å². The quantitative estimate of drug-likeness (QED) is 0.867. The normalized spacial score (nSPS) is 18.1. The first-order valence-electron chi connectivity index (χ1n) is 7.59. The third-order valence-electron chi connectivity index (χ3n) is 4.19. The van der Waals surface area contributed by atoms with E-state index >= 15 is 0 Å². The molecule has 0 radical (unpaired) electrons. The highest BCUT2D eigenvalue weighted by molar-refractivity contribution is 5.41. The lowest BCUT2D eigenvalue weighted by Gasteiger charge is -2.37. The van der Waals surface area contributed by atoms with Crippen molar-refractivity contribution in [2.24, 2.45) is 0 Å². The Labute approximate surface area is 121 Å². The average molecular weight is 266 g/mol. The summed E-state index contributed by atoms with van der Waals surface area (Å²) in [5, 5.41) is 3.72. The van der Waals surface area contributed by atoms with Crippen molar-refractivity contribution in [1.82, 2.24) is 10.3 Å². The summed E-state index contributed by atoms with van der Waals surface area (Å²) in [5.41, 5.74) is 4.23. The van der Waals surface area contributed by atoms with Crippen molar-refractivity contribution >= 4 is 0 Å². The highest BCUT2D eigenvalue weighted by Gasteiger charge is 2.32. The molecule has 1 aromatic heterocycles. The molecule has 0 bridgehead atoms. The molecule has 1 heterocycles. The number of pyridine rings is 1. The molecule has 104 valence electrons. The standard InChI is InChI=1S/C18H22N2/c1-2-10-20-18(13-15-8-5-6-11-19-15)17-12-14-7-3-4-9-16(14)17/h3-9,11,17-18,20H,2,10,12-13H2,1H3. The molecule has 1 aromatic carbocycles. The lowest BCUT2D eigenvalue weighted by Crippen LogP contribution is -2.42. The lowest BCUT2D eigenvalue weighted by molar-refractivity contribution is 0.395. The molecule has 1 aliphatic carbocycles. The molecule has 0 amide bonds. The SMILES string of the molecule is CCCNC(Cc1ccccn1)C1Cc2ccccc21. The van der Waals surface area contributed by atoms with E-state index in [-0.39, 0.29) is 0 Å². The Morgan fingerprint density at radius 2 is 2.05 bits per heavy atom. The van der Waals surface area contributed by atoms with Crippen molar-refractivity contribution in [1.29, 1.82) is 0 Å². The molecule has 0 aliphatic heterocycles. The zero-order valence-corrected chi connectivity index (χ0v) is 12.0. The second-order valence-corrected chi connectivity index (χ2v) is 5.60. The summed E-state index contributed by atoms with van der Waals surface area (Å²) >= 11 is 0. The van der Waals surface area contributed by atoms with Gasteiger partial charge in [-0.15, -0.1) is 0 Å². The first-order chi connectivity index (χ1) is 9.88. The molecule has 0 fully saturated rings. The maximum Gasteiger partial charge on any atom is 0.0419 e. The van der Waals surface area contributed by atoms with Crippen LogP contribution in [0.2, 0.25) is 0 Å². The molecule has 1 N–H and O–H groups in total. The van der Waals surface area contributed by atoms with Crippen molar-refractivity contribution in [2.75, 3.05) is 6.54 Å². The minimum absolute atomic E-state index is 0.500. The average Bonchev–Trinajstić information content (AvgIpc) is 2.47. The van der Waals surface area contributed by atoms with Gasteiger partial charge in [0.25, 0.3) is 0 Å². The van der Waals surface area contributed by atoms with Crippen LogP contribution in [0.25, 0.3) is 0 Å². The number of hydrogen-bond acceptors (Lipinski definition) is 2. The number of nitrogens with one attached hydrogen (secondary N) is 1. The molecule has 2 aromatic rings. The van der Waals surface area contributed by atoms with E-state index in [1.54, 1.807) is 0 Å². The number of rotatable bonds is 6.